The number of rotatable bonds is 7. The first-order chi connectivity index (χ1) is 14.1. The first-order valence-electron chi connectivity index (χ1n) is 9.63. The molecule has 0 saturated carbocycles. The Morgan fingerprint density at radius 1 is 1.23 bits per heavy atom. The zero-order valence-corrected chi connectivity index (χ0v) is 18.4. The van der Waals surface area contributed by atoms with Crippen LogP contribution in [0.4, 0.5) is 0 Å². The van der Waals surface area contributed by atoms with E-state index in [4.69, 9.17) is 4.74 Å². The number of ether oxygens (including phenoxy) is 2. The zero-order valence-electron chi connectivity index (χ0n) is 18.4. The number of allylic oxidation sites excluding steroid dienone is 3. The predicted molar refractivity (Wildman–Crippen MR) is 110 cm³/mol. The number of hydrogen-bond acceptors (Lipinski definition) is 8. The summed E-state index contributed by atoms with van der Waals surface area (Å²) < 4.78 is 9.58. The summed E-state index contributed by atoms with van der Waals surface area (Å²) in [5.41, 5.74) is -4.14. The van der Waals surface area contributed by atoms with Gasteiger partial charge in [-0.05, 0) is 39.3 Å². The molecule has 3 unspecified atom stereocenters. The number of carboxylic acid groups (broad SMARTS) is 1. The molecule has 1 heterocycles. The number of carbonyl (C=O) groups excluding carboxylic acids is 3. The third-order valence-electron chi connectivity index (χ3n) is 5.03. The summed E-state index contributed by atoms with van der Waals surface area (Å²) >= 11 is 0. The smallest absolute Gasteiger partial charge is 0.330 e. The van der Waals surface area contributed by atoms with Gasteiger partial charge in [0.05, 0.1) is 30.3 Å². The molecule has 172 valence electrons. The quantitative estimate of drug-likeness (QED) is 0.235. The molecule has 0 bridgehead atoms. The molecule has 0 radical (unpaired) electrons. The van der Waals surface area contributed by atoms with Crippen molar-refractivity contribution in [3.8, 4) is 0 Å². The number of Topliss-reactive ketones (excluding diaryl/α,β-unsaturated/α-hetero) is 1. The van der Waals surface area contributed by atoms with Crippen molar-refractivity contribution < 1.29 is 44.0 Å². The van der Waals surface area contributed by atoms with Gasteiger partial charge in [-0.25, -0.2) is 4.79 Å². The summed E-state index contributed by atoms with van der Waals surface area (Å²) in [6, 6.07) is 0. The number of aliphatic hydroxyl groups excluding tert-OH is 1. The highest BCUT2D eigenvalue weighted by Crippen LogP contribution is 2.35. The molecule has 0 aromatic heterocycles. The Morgan fingerprint density at radius 2 is 1.84 bits per heavy atom. The van der Waals surface area contributed by atoms with E-state index in [9.17, 15) is 34.5 Å². The van der Waals surface area contributed by atoms with Crippen LogP contribution in [0, 0.1) is 10.8 Å². The van der Waals surface area contributed by atoms with Gasteiger partial charge in [0.2, 0.25) is 0 Å². The van der Waals surface area contributed by atoms with Crippen LogP contribution in [0.2, 0.25) is 0 Å². The van der Waals surface area contributed by atoms with Crippen molar-refractivity contribution in [2.24, 2.45) is 10.8 Å². The van der Waals surface area contributed by atoms with Gasteiger partial charge >= 0.3 is 17.9 Å². The molecule has 0 aliphatic carbocycles. The van der Waals surface area contributed by atoms with E-state index in [-0.39, 0.29) is 25.9 Å². The summed E-state index contributed by atoms with van der Waals surface area (Å²) in [5, 5.41) is 30.4. The summed E-state index contributed by atoms with van der Waals surface area (Å²) in [5.74, 6) is -3.35. The lowest BCUT2D eigenvalue weighted by atomic mass is 9.76. The van der Waals surface area contributed by atoms with E-state index in [1.165, 1.54) is 46.1 Å². The summed E-state index contributed by atoms with van der Waals surface area (Å²) in [6.45, 7) is 5.43. The second kappa shape index (κ2) is 9.91. The minimum absolute atomic E-state index is 0.289. The number of cyclic esters (lactones) is 1. The number of ketones is 1. The van der Waals surface area contributed by atoms with Crippen LogP contribution in [0.15, 0.2) is 35.6 Å². The van der Waals surface area contributed by atoms with Crippen LogP contribution < -0.4 is 0 Å². The molecule has 3 N–H and O–H groups in total. The third kappa shape index (κ3) is 7.67. The van der Waals surface area contributed by atoms with E-state index in [2.05, 4.69) is 4.74 Å². The number of aliphatic hydroxyl groups is 2. The number of aliphatic carboxylic acids is 1. The number of carbonyl (C=O) groups is 4. The first kappa shape index (κ1) is 26.1. The van der Waals surface area contributed by atoms with Crippen molar-refractivity contribution in [1.29, 1.82) is 0 Å². The Morgan fingerprint density at radius 3 is 2.39 bits per heavy atom. The molecule has 1 rings (SSSR count). The molecule has 1 saturated heterocycles. The van der Waals surface area contributed by atoms with Gasteiger partial charge in [-0.3, -0.25) is 14.4 Å². The fraction of sp³-hybridized carbons (Fsp3) is 0.545. The van der Waals surface area contributed by atoms with Gasteiger partial charge < -0.3 is 24.8 Å². The largest absolute Gasteiger partial charge is 0.513 e. The maximum atomic E-state index is 12.7. The summed E-state index contributed by atoms with van der Waals surface area (Å²) in [6.07, 6.45) is 4.02. The van der Waals surface area contributed by atoms with Crippen molar-refractivity contribution in [1.82, 2.24) is 0 Å². The third-order valence-corrected chi connectivity index (χ3v) is 5.03. The van der Waals surface area contributed by atoms with Crippen molar-refractivity contribution in [3.05, 3.63) is 35.6 Å². The predicted octanol–water partition coefficient (Wildman–Crippen LogP) is 2.25. The van der Waals surface area contributed by atoms with Crippen LogP contribution in [0.5, 0.6) is 0 Å². The van der Waals surface area contributed by atoms with Gasteiger partial charge in [0, 0.05) is 18.9 Å². The van der Waals surface area contributed by atoms with Gasteiger partial charge in [0.1, 0.15) is 17.8 Å². The fourth-order valence-electron chi connectivity index (χ4n) is 3.03. The molecule has 1 aliphatic rings. The number of hydrogen-bond donors (Lipinski definition) is 3. The Labute approximate surface area is 181 Å². The van der Waals surface area contributed by atoms with Gasteiger partial charge in [0.25, 0.3) is 0 Å². The maximum absolute atomic E-state index is 12.7. The van der Waals surface area contributed by atoms with E-state index < -0.39 is 45.9 Å². The molecule has 9 nitrogen and oxygen atoms in total. The standard InChI is InChI=1S/C22H30O9/c1-14(8-17(25)30-5)6-7-20(2,19(27)28)9-15(23)10-21(3)13-31-18(26)12-22(4,29)11-16(21)24/h6-9,23,29H,10-13H2,1-5H3,(H,27,28)/b7-6+,14-8-,15-9+. The Balaban J connectivity index is 3.17. The topological polar surface area (TPSA) is 147 Å². The highest BCUT2D eigenvalue weighted by Gasteiger charge is 2.43. The van der Waals surface area contributed by atoms with Gasteiger partial charge in [0.15, 0.2) is 0 Å². The number of methoxy groups -OCH3 is 1. The molecule has 0 aromatic carbocycles. The Bertz CT molecular complexity index is 834. The van der Waals surface area contributed by atoms with Crippen molar-refractivity contribution in [3.63, 3.8) is 0 Å². The number of esters is 2. The van der Waals surface area contributed by atoms with E-state index in [1.807, 2.05) is 0 Å². The number of carboxylic acids is 1. The second-order valence-electron chi connectivity index (χ2n) is 8.64. The summed E-state index contributed by atoms with van der Waals surface area (Å²) in [7, 11) is 1.21. The molecule has 1 fully saturated rings. The average molecular weight is 438 g/mol. The lowest BCUT2D eigenvalue weighted by molar-refractivity contribution is -0.160. The van der Waals surface area contributed by atoms with Crippen LogP contribution in [-0.2, 0) is 28.7 Å². The van der Waals surface area contributed by atoms with E-state index in [1.54, 1.807) is 6.92 Å². The molecular weight excluding hydrogens is 408 g/mol. The molecule has 9 heteroatoms. The van der Waals surface area contributed by atoms with Crippen LogP contribution in [0.25, 0.3) is 0 Å². The average Bonchev–Trinajstić information content (AvgIpc) is 2.62. The van der Waals surface area contributed by atoms with Crippen molar-refractivity contribution in [2.45, 2.75) is 52.6 Å². The first-order valence-corrected chi connectivity index (χ1v) is 9.63. The normalized spacial score (nSPS) is 27.8. The molecule has 0 aromatic rings. The molecule has 3 atom stereocenters. The lowest BCUT2D eigenvalue weighted by Gasteiger charge is -2.34. The van der Waals surface area contributed by atoms with Crippen LogP contribution in [0.1, 0.15) is 47.0 Å². The Kier molecular flexibility index (Phi) is 8.34. The van der Waals surface area contributed by atoms with Crippen LogP contribution in [0.3, 0.4) is 0 Å². The van der Waals surface area contributed by atoms with Crippen molar-refractivity contribution >= 4 is 23.7 Å². The second-order valence-corrected chi connectivity index (χ2v) is 8.64. The van der Waals surface area contributed by atoms with E-state index in [0.717, 1.165) is 6.08 Å². The monoisotopic (exact) mass is 438 g/mol. The van der Waals surface area contributed by atoms with E-state index in [0.29, 0.717) is 5.57 Å². The van der Waals surface area contributed by atoms with Crippen LogP contribution >= 0.6 is 0 Å². The SMILES string of the molecule is COC(=O)/C=C(C)\C=C\C(C)(/C=C(/O)CC1(C)COC(=O)CC(C)(O)CC1=O)C(=O)O. The minimum atomic E-state index is -1.65. The molecule has 1 aliphatic heterocycles. The Hall–Kier alpha value is -2.94. The highest BCUT2D eigenvalue weighted by molar-refractivity contribution is 5.88. The molecular formula is C22H30O9. The van der Waals surface area contributed by atoms with Gasteiger partial charge in [-0.1, -0.05) is 12.2 Å². The van der Waals surface area contributed by atoms with Crippen molar-refractivity contribution in [2.75, 3.05) is 13.7 Å². The van der Waals surface area contributed by atoms with E-state index >= 15 is 0 Å². The maximum Gasteiger partial charge on any atom is 0.330 e. The minimum Gasteiger partial charge on any atom is -0.513 e. The molecule has 31 heavy (non-hydrogen) atoms. The van der Waals surface area contributed by atoms with Gasteiger partial charge in [-0.15, -0.1) is 0 Å². The fourth-order valence-corrected chi connectivity index (χ4v) is 3.03. The molecule has 0 spiro atoms. The van der Waals surface area contributed by atoms with Gasteiger partial charge in [-0.2, -0.15) is 0 Å². The molecule has 0 amide bonds. The zero-order chi connectivity index (χ0) is 24.0. The summed E-state index contributed by atoms with van der Waals surface area (Å²) in [4.78, 5) is 47.6. The highest BCUT2D eigenvalue weighted by atomic mass is 16.5. The lowest BCUT2D eigenvalue weighted by Crippen LogP contribution is -2.44. The van der Waals surface area contributed by atoms with Crippen LogP contribution in [-0.4, -0.2) is 58.3 Å².